The third-order valence-corrected chi connectivity index (χ3v) is 3.72. The zero-order chi connectivity index (χ0) is 13.7. The van der Waals surface area contributed by atoms with E-state index in [-0.39, 0.29) is 5.55 Å². The summed E-state index contributed by atoms with van der Waals surface area (Å²) >= 11 is 0. The Kier molecular flexibility index (Phi) is 2.42. The molecule has 0 aliphatic heterocycles. The van der Waals surface area contributed by atoms with Crippen molar-refractivity contribution in [1.29, 1.82) is 0 Å². The molecule has 2 aromatic heterocycles. The third kappa shape index (κ3) is 1.56. The zero-order valence-electron chi connectivity index (χ0n) is 11.4. The molecule has 0 unspecified atom stereocenters. The van der Waals surface area contributed by atoms with Gasteiger partial charge in [-0.1, -0.05) is 0 Å². The van der Waals surface area contributed by atoms with Crippen LogP contribution in [0.15, 0.2) is 26.1 Å². The van der Waals surface area contributed by atoms with Crippen molar-refractivity contribution in [3.8, 4) is 0 Å². The van der Waals surface area contributed by atoms with Crippen molar-refractivity contribution in [2.24, 2.45) is 5.16 Å². The lowest BCUT2D eigenvalue weighted by Gasteiger charge is -2.05. The van der Waals surface area contributed by atoms with Gasteiger partial charge < -0.3 is 14.0 Å². The SMILES string of the molecule is Cc1oc2c(C)c3oc(=NO)cc(C)c3cc2c1C. The Balaban J connectivity index is 2.61. The highest BCUT2D eigenvalue weighted by atomic mass is 16.5. The van der Waals surface area contributed by atoms with Crippen molar-refractivity contribution in [2.45, 2.75) is 27.7 Å². The topological polar surface area (TPSA) is 58.9 Å². The Morgan fingerprint density at radius 2 is 1.58 bits per heavy atom. The minimum atomic E-state index is 0.201. The highest BCUT2D eigenvalue weighted by Crippen LogP contribution is 2.33. The normalized spacial score (nSPS) is 12.7. The quantitative estimate of drug-likeness (QED) is 0.493. The van der Waals surface area contributed by atoms with Crippen LogP contribution in [0.3, 0.4) is 0 Å². The first-order valence-electron chi connectivity index (χ1n) is 6.14. The number of furan rings is 1. The molecule has 0 bridgehead atoms. The first-order valence-corrected chi connectivity index (χ1v) is 6.14. The summed E-state index contributed by atoms with van der Waals surface area (Å²) in [6.07, 6.45) is 0. The van der Waals surface area contributed by atoms with E-state index in [4.69, 9.17) is 14.0 Å². The lowest BCUT2D eigenvalue weighted by Crippen LogP contribution is -2.01. The van der Waals surface area contributed by atoms with Gasteiger partial charge in [0.05, 0.1) is 0 Å². The average molecular weight is 257 g/mol. The number of fused-ring (bicyclic) bond motifs is 2. The van der Waals surface area contributed by atoms with Crippen LogP contribution in [0, 0.1) is 27.7 Å². The molecule has 98 valence electrons. The number of nitrogens with zero attached hydrogens (tertiary/aromatic N) is 1. The van der Waals surface area contributed by atoms with E-state index in [1.807, 2.05) is 20.8 Å². The third-order valence-electron chi connectivity index (χ3n) is 3.72. The van der Waals surface area contributed by atoms with Crippen LogP contribution < -0.4 is 5.55 Å². The molecular formula is C15H15NO3. The fourth-order valence-electron chi connectivity index (χ4n) is 2.48. The van der Waals surface area contributed by atoms with Crippen LogP contribution in [0.5, 0.6) is 0 Å². The molecule has 0 saturated heterocycles. The Morgan fingerprint density at radius 1 is 0.895 bits per heavy atom. The van der Waals surface area contributed by atoms with E-state index in [0.717, 1.165) is 38.8 Å². The molecule has 0 aliphatic carbocycles. The molecule has 19 heavy (non-hydrogen) atoms. The van der Waals surface area contributed by atoms with Crippen molar-refractivity contribution >= 4 is 21.9 Å². The van der Waals surface area contributed by atoms with Crippen LogP contribution in [0.2, 0.25) is 0 Å². The molecule has 4 nitrogen and oxygen atoms in total. The maximum atomic E-state index is 8.88. The number of hydrogen-bond acceptors (Lipinski definition) is 4. The van der Waals surface area contributed by atoms with Crippen LogP contribution in [0.1, 0.15) is 22.5 Å². The molecule has 0 amide bonds. The van der Waals surface area contributed by atoms with E-state index >= 15 is 0 Å². The largest absolute Gasteiger partial charge is 0.461 e. The smallest absolute Gasteiger partial charge is 0.255 e. The highest BCUT2D eigenvalue weighted by Gasteiger charge is 2.15. The van der Waals surface area contributed by atoms with E-state index < -0.39 is 0 Å². The van der Waals surface area contributed by atoms with Gasteiger partial charge >= 0.3 is 0 Å². The van der Waals surface area contributed by atoms with Crippen molar-refractivity contribution < 1.29 is 14.0 Å². The van der Waals surface area contributed by atoms with Gasteiger partial charge in [-0.2, -0.15) is 0 Å². The summed E-state index contributed by atoms with van der Waals surface area (Å²) in [4.78, 5) is 0. The molecule has 2 heterocycles. The van der Waals surface area contributed by atoms with Gasteiger partial charge in [0, 0.05) is 22.4 Å². The van der Waals surface area contributed by atoms with E-state index in [9.17, 15) is 0 Å². The molecule has 3 aromatic rings. The van der Waals surface area contributed by atoms with E-state index in [0.29, 0.717) is 5.58 Å². The molecule has 0 atom stereocenters. The second kappa shape index (κ2) is 3.88. The fraction of sp³-hybridized carbons (Fsp3) is 0.267. The summed E-state index contributed by atoms with van der Waals surface area (Å²) in [5.74, 6) is 0.915. The second-order valence-corrected chi connectivity index (χ2v) is 4.91. The standard InChI is InChI=1S/C15H15NO3/c1-7-5-13(16-17)19-14-9(3)15-12(6-11(7)14)8(2)10(4)18-15/h5-6,17H,1-4H3. The second-order valence-electron chi connectivity index (χ2n) is 4.91. The molecule has 0 aliphatic rings. The van der Waals surface area contributed by atoms with E-state index in [2.05, 4.69) is 18.1 Å². The number of hydrogen-bond donors (Lipinski definition) is 1. The molecular weight excluding hydrogens is 242 g/mol. The number of benzene rings is 1. The molecule has 0 spiro atoms. The molecule has 1 aromatic carbocycles. The molecule has 4 heteroatoms. The van der Waals surface area contributed by atoms with Crippen LogP contribution in [-0.2, 0) is 0 Å². The summed E-state index contributed by atoms with van der Waals surface area (Å²) in [6, 6.07) is 3.79. The first-order chi connectivity index (χ1) is 9.02. The molecule has 3 rings (SSSR count). The van der Waals surface area contributed by atoms with Gasteiger partial charge in [0.25, 0.3) is 5.55 Å². The Hall–Kier alpha value is -2.23. The predicted octanol–water partition coefficient (Wildman–Crippen LogP) is 3.70. The Labute approximate surface area is 109 Å². The van der Waals surface area contributed by atoms with Gasteiger partial charge in [0.15, 0.2) is 0 Å². The zero-order valence-corrected chi connectivity index (χ0v) is 11.4. The maximum absolute atomic E-state index is 8.88. The minimum absolute atomic E-state index is 0.201. The van der Waals surface area contributed by atoms with Crippen molar-refractivity contribution in [2.75, 3.05) is 0 Å². The molecule has 0 saturated carbocycles. The van der Waals surface area contributed by atoms with Gasteiger partial charge in [-0.3, -0.25) is 0 Å². The van der Waals surface area contributed by atoms with Crippen LogP contribution in [-0.4, -0.2) is 5.21 Å². The van der Waals surface area contributed by atoms with Crippen molar-refractivity contribution in [3.63, 3.8) is 0 Å². The minimum Gasteiger partial charge on any atom is -0.461 e. The van der Waals surface area contributed by atoms with Crippen LogP contribution >= 0.6 is 0 Å². The first kappa shape index (κ1) is 11.8. The molecule has 1 N–H and O–H groups in total. The van der Waals surface area contributed by atoms with Crippen LogP contribution in [0.4, 0.5) is 0 Å². The molecule has 0 radical (unpaired) electrons. The summed E-state index contributed by atoms with van der Waals surface area (Å²) < 4.78 is 11.4. The van der Waals surface area contributed by atoms with Gasteiger partial charge in [0.2, 0.25) is 0 Å². The Morgan fingerprint density at radius 3 is 2.26 bits per heavy atom. The van der Waals surface area contributed by atoms with Crippen LogP contribution in [0.25, 0.3) is 21.9 Å². The highest BCUT2D eigenvalue weighted by molar-refractivity contribution is 5.99. The summed E-state index contributed by atoms with van der Waals surface area (Å²) in [6.45, 7) is 7.94. The monoisotopic (exact) mass is 257 g/mol. The number of rotatable bonds is 0. The predicted molar refractivity (Wildman–Crippen MR) is 72.3 cm³/mol. The van der Waals surface area contributed by atoms with E-state index in [1.54, 1.807) is 6.07 Å². The Bertz CT molecular complexity index is 869. The molecule has 0 fully saturated rings. The van der Waals surface area contributed by atoms with Crippen molar-refractivity contribution in [3.05, 3.63) is 40.1 Å². The van der Waals surface area contributed by atoms with Gasteiger partial charge in [-0.05, 0) is 50.0 Å². The summed E-state index contributed by atoms with van der Waals surface area (Å²) in [5.41, 5.74) is 4.83. The summed E-state index contributed by atoms with van der Waals surface area (Å²) in [7, 11) is 0. The number of aryl methyl sites for hydroxylation is 4. The van der Waals surface area contributed by atoms with Gasteiger partial charge in [-0.15, -0.1) is 0 Å². The van der Waals surface area contributed by atoms with Gasteiger partial charge in [-0.25, -0.2) is 0 Å². The van der Waals surface area contributed by atoms with E-state index in [1.165, 1.54) is 0 Å². The average Bonchev–Trinajstić information content (AvgIpc) is 2.68. The van der Waals surface area contributed by atoms with Gasteiger partial charge in [0.1, 0.15) is 16.9 Å². The lowest BCUT2D eigenvalue weighted by atomic mass is 10.0. The lowest BCUT2D eigenvalue weighted by molar-refractivity contribution is 0.276. The fourth-order valence-corrected chi connectivity index (χ4v) is 2.48. The van der Waals surface area contributed by atoms with Crippen molar-refractivity contribution in [1.82, 2.24) is 0 Å². The maximum Gasteiger partial charge on any atom is 0.255 e. The summed E-state index contributed by atoms with van der Waals surface area (Å²) in [5, 5.41) is 14.1.